The molecule has 1 aliphatic heterocycles. The lowest BCUT2D eigenvalue weighted by Crippen LogP contribution is -2.40. The number of amides is 1. The summed E-state index contributed by atoms with van der Waals surface area (Å²) in [7, 11) is -3.90. The van der Waals surface area contributed by atoms with Crippen LogP contribution in [-0.2, 0) is 14.8 Å². The summed E-state index contributed by atoms with van der Waals surface area (Å²) in [5, 5.41) is 0.335. The minimum absolute atomic E-state index is 0.0704. The first-order valence-corrected chi connectivity index (χ1v) is 10.1. The molecule has 9 heteroatoms. The number of rotatable bonds is 4. The molecule has 0 aliphatic carbocycles. The molecule has 1 amide bonds. The molecule has 1 saturated heterocycles. The third-order valence-corrected chi connectivity index (χ3v) is 5.96. The molecule has 1 heterocycles. The highest BCUT2D eigenvalue weighted by Crippen LogP contribution is 2.27. The second-order valence-corrected chi connectivity index (χ2v) is 8.16. The van der Waals surface area contributed by atoms with Crippen LogP contribution in [0.15, 0.2) is 47.4 Å². The first-order valence-electron chi connectivity index (χ1n) is 7.82. The van der Waals surface area contributed by atoms with Gasteiger partial charge >= 0.3 is 0 Å². The number of carbonyl (C=O) groups excluding carboxylic acids is 1. The highest BCUT2D eigenvalue weighted by Gasteiger charge is 2.20. The Morgan fingerprint density at radius 3 is 2.35 bits per heavy atom. The van der Waals surface area contributed by atoms with Gasteiger partial charge in [0.05, 0.1) is 18.2 Å². The average molecular weight is 415 g/mol. The van der Waals surface area contributed by atoms with E-state index in [1.54, 1.807) is 17.0 Å². The number of carbonyl (C=O) groups is 1. The van der Waals surface area contributed by atoms with Crippen LogP contribution < -0.4 is 4.72 Å². The fourth-order valence-electron chi connectivity index (χ4n) is 2.52. The van der Waals surface area contributed by atoms with E-state index in [0.29, 0.717) is 37.6 Å². The molecule has 3 rings (SSSR count). The number of anilines is 1. The number of hydrogen-bond donors (Lipinski definition) is 1. The van der Waals surface area contributed by atoms with Gasteiger partial charge in [0.25, 0.3) is 15.9 Å². The third-order valence-electron chi connectivity index (χ3n) is 3.87. The first kappa shape index (κ1) is 19.0. The smallest absolute Gasteiger partial charge is 0.263 e. The lowest BCUT2D eigenvalue weighted by molar-refractivity contribution is 0.0303. The minimum atomic E-state index is -3.90. The standard InChI is InChI=1S/C17H16Cl2N2O4S/c18-13-3-6-15(19)16(11-13)26(23,24)20-14-4-1-12(2-5-14)17(22)21-7-9-25-10-8-21/h1-6,11,20H,7-10H2. The topological polar surface area (TPSA) is 75.7 Å². The van der Waals surface area contributed by atoms with E-state index in [-0.39, 0.29) is 20.8 Å². The second-order valence-electron chi connectivity index (χ2n) is 5.66. The fraction of sp³-hybridized carbons (Fsp3) is 0.235. The van der Waals surface area contributed by atoms with Crippen LogP contribution in [0, 0.1) is 0 Å². The molecule has 2 aromatic rings. The van der Waals surface area contributed by atoms with Gasteiger partial charge in [-0.3, -0.25) is 9.52 Å². The van der Waals surface area contributed by atoms with Gasteiger partial charge in [0.2, 0.25) is 0 Å². The summed E-state index contributed by atoms with van der Waals surface area (Å²) >= 11 is 11.8. The summed E-state index contributed by atoms with van der Waals surface area (Å²) in [4.78, 5) is 14.0. The van der Waals surface area contributed by atoms with Crippen molar-refractivity contribution in [1.82, 2.24) is 4.90 Å². The molecule has 1 fully saturated rings. The van der Waals surface area contributed by atoms with Crippen molar-refractivity contribution in [3.8, 4) is 0 Å². The number of ether oxygens (including phenoxy) is 1. The van der Waals surface area contributed by atoms with E-state index in [1.165, 1.54) is 30.3 Å². The Hall–Kier alpha value is -1.80. The lowest BCUT2D eigenvalue weighted by Gasteiger charge is -2.26. The van der Waals surface area contributed by atoms with Crippen molar-refractivity contribution in [2.24, 2.45) is 0 Å². The quantitative estimate of drug-likeness (QED) is 0.832. The van der Waals surface area contributed by atoms with Crippen LogP contribution in [-0.4, -0.2) is 45.5 Å². The van der Waals surface area contributed by atoms with Crippen LogP contribution in [0.2, 0.25) is 10.0 Å². The van der Waals surface area contributed by atoms with Crippen LogP contribution in [0.25, 0.3) is 0 Å². The molecule has 0 spiro atoms. The molecule has 6 nitrogen and oxygen atoms in total. The molecule has 1 aliphatic rings. The summed E-state index contributed by atoms with van der Waals surface area (Å²) in [5.41, 5.74) is 0.801. The van der Waals surface area contributed by atoms with E-state index >= 15 is 0 Å². The van der Waals surface area contributed by atoms with Gasteiger partial charge in [0, 0.05) is 29.4 Å². The molecule has 0 unspecified atom stereocenters. The van der Waals surface area contributed by atoms with Crippen molar-refractivity contribution in [2.45, 2.75) is 4.90 Å². The molecule has 0 saturated carbocycles. The van der Waals surface area contributed by atoms with Gasteiger partial charge in [-0.25, -0.2) is 8.42 Å². The summed E-state index contributed by atoms with van der Waals surface area (Å²) in [6.07, 6.45) is 0. The molecule has 0 bridgehead atoms. The van der Waals surface area contributed by atoms with E-state index in [0.717, 1.165) is 0 Å². The number of halogens is 2. The van der Waals surface area contributed by atoms with E-state index in [1.807, 2.05) is 0 Å². The molecule has 0 atom stereocenters. The molecule has 0 radical (unpaired) electrons. The van der Waals surface area contributed by atoms with Crippen LogP contribution >= 0.6 is 23.2 Å². The molecule has 2 aromatic carbocycles. The van der Waals surface area contributed by atoms with Gasteiger partial charge in [0.15, 0.2) is 0 Å². The third kappa shape index (κ3) is 4.29. The van der Waals surface area contributed by atoms with Gasteiger partial charge in [-0.2, -0.15) is 0 Å². The fourth-order valence-corrected chi connectivity index (χ4v) is 4.35. The van der Waals surface area contributed by atoms with Gasteiger partial charge in [-0.05, 0) is 42.5 Å². The van der Waals surface area contributed by atoms with Crippen molar-refractivity contribution in [2.75, 3.05) is 31.0 Å². The molecule has 1 N–H and O–H groups in total. The van der Waals surface area contributed by atoms with Gasteiger partial charge < -0.3 is 9.64 Å². The number of nitrogens with zero attached hydrogens (tertiary/aromatic N) is 1. The first-order chi connectivity index (χ1) is 12.4. The highest BCUT2D eigenvalue weighted by atomic mass is 35.5. The van der Waals surface area contributed by atoms with Crippen molar-refractivity contribution in [1.29, 1.82) is 0 Å². The van der Waals surface area contributed by atoms with Crippen molar-refractivity contribution >= 4 is 44.8 Å². The van der Waals surface area contributed by atoms with Crippen LogP contribution in [0.1, 0.15) is 10.4 Å². The minimum Gasteiger partial charge on any atom is -0.378 e. The number of hydrogen-bond acceptors (Lipinski definition) is 4. The Kier molecular flexibility index (Phi) is 5.72. The van der Waals surface area contributed by atoms with E-state index < -0.39 is 10.0 Å². The zero-order valence-electron chi connectivity index (χ0n) is 13.6. The lowest BCUT2D eigenvalue weighted by atomic mass is 10.2. The SMILES string of the molecule is O=C(c1ccc(NS(=O)(=O)c2cc(Cl)ccc2Cl)cc1)N1CCOCC1. The largest absolute Gasteiger partial charge is 0.378 e. The maximum atomic E-state index is 12.5. The zero-order valence-corrected chi connectivity index (χ0v) is 15.9. The Labute approximate surface area is 161 Å². The number of benzene rings is 2. The molecular formula is C17H16Cl2N2O4S. The van der Waals surface area contributed by atoms with Crippen molar-refractivity contribution in [3.63, 3.8) is 0 Å². The van der Waals surface area contributed by atoms with E-state index in [9.17, 15) is 13.2 Å². The number of sulfonamides is 1. The van der Waals surface area contributed by atoms with Crippen molar-refractivity contribution in [3.05, 3.63) is 58.1 Å². The van der Waals surface area contributed by atoms with Crippen molar-refractivity contribution < 1.29 is 17.9 Å². The Bertz CT molecular complexity index is 911. The Balaban J connectivity index is 1.76. The predicted molar refractivity (Wildman–Crippen MR) is 100 cm³/mol. The van der Waals surface area contributed by atoms with Crippen LogP contribution in [0.3, 0.4) is 0 Å². The second kappa shape index (κ2) is 7.84. The maximum absolute atomic E-state index is 12.5. The normalized spacial score (nSPS) is 14.9. The van der Waals surface area contributed by atoms with E-state index in [4.69, 9.17) is 27.9 Å². The van der Waals surface area contributed by atoms with Gasteiger partial charge in [-0.15, -0.1) is 0 Å². The Morgan fingerprint density at radius 2 is 1.69 bits per heavy atom. The zero-order chi connectivity index (χ0) is 18.7. The molecule has 26 heavy (non-hydrogen) atoms. The monoisotopic (exact) mass is 414 g/mol. The van der Waals surface area contributed by atoms with Gasteiger partial charge in [0.1, 0.15) is 4.90 Å². The summed E-state index contributed by atoms with van der Waals surface area (Å²) < 4.78 is 32.7. The number of nitrogens with one attached hydrogen (secondary N) is 1. The molecular weight excluding hydrogens is 399 g/mol. The average Bonchev–Trinajstić information content (AvgIpc) is 2.64. The highest BCUT2D eigenvalue weighted by molar-refractivity contribution is 7.92. The molecule has 0 aromatic heterocycles. The number of morpholine rings is 1. The molecule has 138 valence electrons. The predicted octanol–water partition coefficient (Wildman–Crippen LogP) is 3.27. The Morgan fingerprint density at radius 1 is 1.04 bits per heavy atom. The van der Waals surface area contributed by atoms with Crippen LogP contribution in [0.4, 0.5) is 5.69 Å². The summed E-state index contributed by atoms with van der Waals surface area (Å²) in [6.45, 7) is 2.12. The van der Waals surface area contributed by atoms with E-state index in [2.05, 4.69) is 4.72 Å². The van der Waals surface area contributed by atoms with Crippen LogP contribution in [0.5, 0.6) is 0 Å². The van der Waals surface area contributed by atoms with Gasteiger partial charge in [-0.1, -0.05) is 23.2 Å². The summed E-state index contributed by atoms with van der Waals surface area (Å²) in [5.74, 6) is -0.111. The maximum Gasteiger partial charge on any atom is 0.263 e. The summed E-state index contributed by atoms with van der Waals surface area (Å²) in [6, 6.07) is 10.4.